The lowest BCUT2D eigenvalue weighted by atomic mass is 10.2. The van der Waals surface area contributed by atoms with E-state index in [4.69, 9.17) is 4.74 Å². The second kappa shape index (κ2) is 9.43. The predicted molar refractivity (Wildman–Crippen MR) is 116 cm³/mol. The van der Waals surface area contributed by atoms with Crippen LogP contribution in [0.4, 0.5) is 13.2 Å². The number of benzene rings is 1. The van der Waals surface area contributed by atoms with E-state index in [0.717, 1.165) is 43.8 Å². The summed E-state index contributed by atoms with van der Waals surface area (Å²) in [5.41, 5.74) is 0.813. The number of alkyl halides is 3. The van der Waals surface area contributed by atoms with Crippen LogP contribution in [0.5, 0.6) is 5.75 Å². The third-order valence-corrected chi connectivity index (χ3v) is 6.75. The molecule has 0 atom stereocenters. The van der Waals surface area contributed by atoms with E-state index < -0.39 is 11.9 Å². The fourth-order valence-electron chi connectivity index (χ4n) is 4.10. The van der Waals surface area contributed by atoms with Crippen molar-refractivity contribution < 1.29 is 22.7 Å². The van der Waals surface area contributed by atoms with Gasteiger partial charge in [-0.05, 0) is 46.5 Å². The molecule has 2 heterocycles. The molecule has 1 aliphatic carbocycles. The highest BCUT2D eigenvalue weighted by atomic mass is 79.9. The van der Waals surface area contributed by atoms with E-state index in [2.05, 4.69) is 32.0 Å². The Hall–Kier alpha value is -2.07. The lowest BCUT2D eigenvalue weighted by Gasteiger charge is -2.35. The van der Waals surface area contributed by atoms with Crippen LogP contribution in [0.15, 0.2) is 28.7 Å². The molecule has 32 heavy (non-hydrogen) atoms. The number of nitrogens with zero attached hydrogens (tertiary/aromatic N) is 4. The van der Waals surface area contributed by atoms with Crippen LogP contribution in [-0.4, -0.2) is 58.8 Å². The number of aromatic nitrogens is 2. The van der Waals surface area contributed by atoms with Crippen molar-refractivity contribution in [3.05, 3.63) is 45.7 Å². The molecule has 2 fully saturated rings. The van der Waals surface area contributed by atoms with Crippen molar-refractivity contribution in [1.82, 2.24) is 19.6 Å². The second-order valence-electron chi connectivity index (χ2n) is 8.30. The highest BCUT2D eigenvalue weighted by molar-refractivity contribution is 9.10. The van der Waals surface area contributed by atoms with Gasteiger partial charge in [-0.25, -0.2) is 0 Å². The Balaban J connectivity index is 1.31. The van der Waals surface area contributed by atoms with Gasteiger partial charge in [0.15, 0.2) is 5.69 Å². The first-order chi connectivity index (χ1) is 15.3. The normalized spacial score (nSPS) is 17.6. The third-order valence-electron chi connectivity index (χ3n) is 5.97. The summed E-state index contributed by atoms with van der Waals surface area (Å²) in [4.78, 5) is 16.8. The van der Waals surface area contributed by atoms with Gasteiger partial charge in [-0.1, -0.05) is 12.1 Å². The molecule has 1 saturated heterocycles. The van der Waals surface area contributed by atoms with Crippen molar-refractivity contribution in [1.29, 1.82) is 0 Å². The van der Waals surface area contributed by atoms with Gasteiger partial charge in [-0.15, -0.1) is 0 Å². The van der Waals surface area contributed by atoms with Gasteiger partial charge in [-0.3, -0.25) is 14.4 Å². The number of halogens is 4. The van der Waals surface area contributed by atoms with Gasteiger partial charge in [0.05, 0.1) is 23.8 Å². The van der Waals surface area contributed by atoms with Crippen molar-refractivity contribution in [2.45, 2.75) is 44.4 Å². The summed E-state index contributed by atoms with van der Waals surface area (Å²) in [5, 5.41) is 3.79. The molecule has 0 bridgehead atoms. The molecule has 2 aromatic rings. The van der Waals surface area contributed by atoms with E-state index in [-0.39, 0.29) is 29.3 Å². The molecule has 0 spiro atoms. The number of carbonyl (C=O) groups is 1. The zero-order chi connectivity index (χ0) is 22.9. The Morgan fingerprint density at radius 1 is 1.22 bits per heavy atom. The number of ether oxygens (including phenoxy) is 1. The van der Waals surface area contributed by atoms with Crippen LogP contribution < -0.4 is 4.74 Å². The number of amides is 1. The van der Waals surface area contributed by atoms with Gasteiger partial charge in [0.2, 0.25) is 5.91 Å². The minimum absolute atomic E-state index is 0.0195. The van der Waals surface area contributed by atoms with Gasteiger partial charge in [0.1, 0.15) is 5.75 Å². The Morgan fingerprint density at radius 2 is 1.94 bits per heavy atom. The highest BCUT2D eigenvalue weighted by Gasteiger charge is 2.41. The smallest absolute Gasteiger partial charge is 0.436 e. The van der Waals surface area contributed by atoms with Gasteiger partial charge in [-0.2, -0.15) is 18.3 Å². The average molecular weight is 515 g/mol. The van der Waals surface area contributed by atoms with Crippen LogP contribution in [0, 0.1) is 0 Å². The van der Waals surface area contributed by atoms with Gasteiger partial charge >= 0.3 is 6.18 Å². The molecule has 6 nitrogen and oxygen atoms in total. The molecule has 10 heteroatoms. The molecule has 1 amide bonds. The van der Waals surface area contributed by atoms with E-state index in [9.17, 15) is 18.0 Å². The summed E-state index contributed by atoms with van der Waals surface area (Å²) in [5.74, 6) is 0.858. The van der Waals surface area contributed by atoms with Gasteiger partial charge in [0, 0.05) is 45.1 Å². The lowest BCUT2D eigenvalue weighted by molar-refractivity contribution is -0.142. The fraction of sp³-hybridized carbons (Fsp3) is 0.545. The highest BCUT2D eigenvalue weighted by Crippen LogP contribution is 2.47. The van der Waals surface area contributed by atoms with Crippen LogP contribution in [0.1, 0.15) is 42.1 Å². The first-order valence-electron chi connectivity index (χ1n) is 10.7. The van der Waals surface area contributed by atoms with E-state index in [1.807, 2.05) is 18.2 Å². The van der Waals surface area contributed by atoms with Crippen molar-refractivity contribution in [2.75, 3.05) is 33.3 Å². The summed E-state index contributed by atoms with van der Waals surface area (Å²) >= 11 is 3.09. The fourth-order valence-corrected chi connectivity index (χ4v) is 4.93. The molecule has 1 aliphatic heterocycles. The number of aryl methyl sites for hydroxylation is 1. The lowest BCUT2D eigenvalue weighted by Crippen LogP contribution is -2.48. The van der Waals surface area contributed by atoms with E-state index >= 15 is 0 Å². The number of hydrogen-bond donors (Lipinski definition) is 0. The quantitative estimate of drug-likeness (QED) is 0.553. The molecule has 1 aromatic carbocycles. The maximum absolute atomic E-state index is 13.3. The largest absolute Gasteiger partial charge is 0.497 e. The molecule has 0 N–H and O–H groups in total. The topological polar surface area (TPSA) is 50.6 Å². The molecule has 1 aromatic heterocycles. The first-order valence-corrected chi connectivity index (χ1v) is 11.5. The van der Waals surface area contributed by atoms with Crippen LogP contribution in [0.25, 0.3) is 0 Å². The average Bonchev–Trinajstić information content (AvgIpc) is 3.54. The van der Waals surface area contributed by atoms with Gasteiger partial charge in [0.25, 0.3) is 0 Å². The number of rotatable bonds is 7. The van der Waals surface area contributed by atoms with Crippen molar-refractivity contribution in [2.24, 2.45) is 0 Å². The number of methoxy groups -OCH3 is 1. The number of hydrogen-bond acceptors (Lipinski definition) is 4. The Labute approximate surface area is 193 Å². The Bertz CT molecular complexity index is 967. The molecule has 0 radical (unpaired) electrons. The SMILES string of the molecule is COc1cccc(CN2CCN(C(=O)CCn3nc(C(F)(F)F)c(Br)c3C3CC3)CC2)c1. The second-order valence-corrected chi connectivity index (χ2v) is 9.09. The van der Waals surface area contributed by atoms with Crippen LogP contribution in [0.2, 0.25) is 0 Å². The Morgan fingerprint density at radius 3 is 2.56 bits per heavy atom. The maximum Gasteiger partial charge on any atom is 0.436 e. The summed E-state index contributed by atoms with van der Waals surface area (Å²) in [6.07, 6.45) is -2.67. The van der Waals surface area contributed by atoms with Crippen molar-refractivity contribution in [3.8, 4) is 5.75 Å². The zero-order valence-corrected chi connectivity index (χ0v) is 19.5. The minimum Gasteiger partial charge on any atom is -0.497 e. The molecular weight excluding hydrogens is 489 g/mol. The molecule has 174 valence electrons. The predicted octanol–water partition coefficient (Wildman–Crippen LogP) is 4.28. The van der Waals surface area contributed by atoms with Crippen LogP contribution >= 0.6 is 15.9 Å². The van der Waals surface area contributed by atoms with Gasteiger partial charge < -0.3 is 9.64 Å². The number of carbonyl (C=O) groups excluding carboxylic acids is 1. The monoisotopic (exact) mass is 514 g/mol. The zero-order valence-electron chi connectivity index (χ0n) is 17.9. The number of piperazine rings is 1. The minimum atomic E-state index is -4.52. The maximum atomic E-state index is 13.3. The van der Waals surface area contributed by atoms with Crippen LogP contribution in [-0.2, 0) is 24.1 Å². The van der Waals surface area contributed by atoms with Crippen molar-refractivity contribution in [3.63, 3.8) is 0 Å². The molecular formula is C22H26BrF3N4O2. The molecule has 1 saturated carbocycles. The molecule has 0 unspecified atom stereocenters. The summed E-state index contributed by atoms with van der Waals surface area (Å²) in [6.45, 7) is 3.66. The van der Waals surface area contributed by atoms with E-state index in [1.165, 1.54) is 4.68 Å². The summed E-state index contributed by atoms with van der Waals surface area (Å²) in [7, 11) is 1.64. The van der Waals surface area contributed by atoms with Crippen molar-refractivity contribution >= 4 is 21.8 Å². The van der Waals surface area contributed by atoms with E-state index in [1.54, 1.807) is 12.0 Å². The first kappa shape index (κ1) is 23.1. The standard InChI is InChI=1S/C22H26BrF3N4O2/c1-32-17-4-2-3-15(13-17)14-28-9-11-29(12-10-28)18(31)7-8-30-20(16-5-6-16)19(23)21(27-30)22(24,25)26/h2-4,13,16H,5-12,14H2,1H3. The van der Waals surface area contributed by atoms with E-state index in [0.29, 0.717) is 18.8 Å². The van der Waals surface area contributed by atoms with Crippen LogP contribution in [0.3, 0.4) is 0 Å². The molecule has 2 aliphatic rings. The Kier molecular flexibility index (Phi) is 6.80. The summed E-state index contributed by atoms with van der Waals surface area (Å²) in [6, 6.07) is 7.92. The third kappa shape index (κ3) is 5.28. The molecule has 4 rings (SSSR count). The summed E-state index contributed by atoms with van der Waals surface area (Å²) < 4.78 is 46.4.